The summed E-state index contributed by atoms with van der Waals surface area (Å²) in [7, 11) is 1.83. The van der Waals surface area contributed by atoms with Gasteiger partial charge in [0.25, 0.3) is 0 Å². The van der Waals surface area contributed by atoms with Crippen LogP contribution >= 0.6 is 0 Å². The van der Waals surface area contributed by atoms with Crippen LogP contribution in [0, 0.1) is 0 Å². The van der Waals surface area contributed by atoms with Gasteiger partial charge in [0.05, 0.1) is 13.1 Å². The first-order valence-electron chi connectivity index (χ1n) is 6.53. The Kier molecular flexibility index (Phi) is 2.99. The summed E-state index contributed by atoms with van der Waals surface area (Å²) in [6.07, 6.45) is 2.56. The highest BCUT2D eigenvalue weighted by Crippen LogP contribution is 2.20. The Labute approximate surface area is 107 Å². The number of carbonyl (C=O) groups is 1. The van der Waals surface area contributed by atoms with Crippen LogP contribution in [0.5, 0.6) is 0 Å². The maximum absolute atomic E-state index is 11.7. The van der Waals surface area contributed by atoms with Crippen molar-refractivity contribution in [3.8, 4) is 0 Å². The van der Waals surface area contributed by atoms with Crippen molar-refractivity contribution in [2.45, 2.75) is 32.0 Å². The molecule has 0 atom stereocenters. The molecule has 1 aromatic rings. The van der Waals surface area contributed by atoms with Crippen LogP contribution in [0.15, 0.2) is 16.5 Å². The Morgan fingerprint density at radius 2 is 2.11 bits per heavy atom. The minimum atomic E-state index is 0.0871. The molecule has 1 aromatic heterocycles. The fourth-order valence-electron chi connectivity index (χ4n) is 2.17. The van der Waals surface area contributed by atoms with Gasteiger partial charge in [-0.25, -0.2) is 4.79 Å². The van der Waals surface area contributed by atoms with Crippen molar-refractivity contribution in [1.82, 2.24) is 15.1 Å². The molecule has 2 aliphatic rings. The van der Waals surface area contributed by atoms with Gasteiger partial charge in [-0.1, -0.05) is 0 Å². The molecule has 1 saturated heterocycles. The van der Waals surface area contributed by atoms with Crippen LogP contribution in [0.4, 0.5) is 4.79 Å². The molecule has 0 aromatic carbocycles. The van der Waals surface area contributed by atoms with Crippen LogP contribution in [-0.2, 0) is 13.1 Å². The lowest BCUT2D eigenvalue weighted by Crippen LogP contribution is -2.28. The van der Waals surface area contributed by atoms with Crippen LogP contribution in [0.2, 0.25) is 0 Å². The molecule has 1 N–H and O–H groups in total. The van der Waals surface area contributed by atoms with E-state index in [4.69, 9.17) is 4.42 Å². The number of carbonyl (C=O) groups excluding carboxylic acids is 1. The molecule has 1 saturated carbocycles. The van der Waals surface area contributed by atoms with Gasteiger partial charge in [-0.2, -0.15) is 0 Å². The Morgan fingerprint density at radius 1 is 1.33 bits per heavy atom. The van der Waals surface area contributed by atoms with Crippen LogP contribution < -0.4 is 5.32 Å². The Hall–Kier alpha value is -1.49. The van der Waals surface area contributed by atoms with Gasteiger partial charge < -0.3 is 19.5 Å². The summed E-state index contributed by atoms with van der Waals surface area (Å²) in [6.45, 7) is 2.95. The third-order valence-electron chi connectivity index (χ3n) is 3.51. The second kappa shape index (κ2) is 4.65. The summed E-state index contributed by atoms with van der Waals surface area (Å²) in [5.41, 5.74) is 0. The third-order valence-corrected chi connectivity index (χ3v) is 3.51. The lowest BCUT2D eigenvalue weighted by Gasteiger charge is -2.13. The van der Waals surface area contributed by atoms with E-state index in [1.807, 2.05) is 24.1 Å². The first-order chi connectivity index (χ1) is 8.72. The summed E-state index contributed by atoms with van der Waals surface area (Å²) < 4.78 is 5.73. The van der Waals surface area contributed by atoms with Crippen molar-refractivity contribution in [2.24, 2.45) is 0 Å². The zero-order valence-electron chi connectivity index (χ0n) is 10.7. The summed E-state index contributed by atoms with van der Waals surface area (Å²) >= 11 is 0. The van der Waals surface area contributed by atoms with Crippen LogP contribution in [-0.4, -0.2) is 42.0 Å². The zero-order valence-corrected chi connectivity index (χ0v) is 10.7. The lowest BCUT2D eigenvalue weighted by molar-refractivity contribution is 0.193. The standard InChI is InChI=1S/C13H19N3O2/c1-15-6-7-16(13(15)17)9-12-5-4-11(18-12)8-14-10-2-3-10/h4-5,10,14H,2-3,6-9H2,1H3. The molecule has 18 heavy (non-hydrogen) atoms. The van der Waals surface area contributed by atoms with Crippen molar-refractivity contribution < 1.29 is 9.21 Å². The van der Waals surface area contributed by atoms with Gasteiger partial charge in [0, 0.05) is 26.2 Å². The molecule has 0 bridgehead atoms. The predicted molar refractivity (Wildman–Crippen MR) is 67.0 cm³/mol. The predicted octanol–water partition coefficient (Wildman–Crippen LogP) is 1.40. The number of urea groups is 1. The Morgan fingerprint density at radius 3 is 2.78 bits per heavy atom. The van der Waals surface area contributed by atoms with E-state index in [-0.39, 0.29) is 6.03 Å². The van der Waals surface area contributed by atoms with Crippen LogP contribution in [0.1, 0.15) is 24.4 Å². The largest absolute Gasteiger partial charge is 0.463 e. The van der Waals surface area contributed by atoms with E-state index in [0.717, 1.165) is 31.2 Å². The topological polar surface area (TPSA) is 48.7 Å². The van der Waals surface area contributed by atoms with Crippen LogP contribution in [0.3, 0.4) is 0 Å². The number of nitrogens with one attached hydrogen (secondary N) is 1. The molecule has 2 fully saturated rings. The molecule has 0 spiro atoms. The summed E-state index contributed by atoms with van der Waals surface area (Å²) in [4.78, 5) is 15.3. The summed E-state index contributed by atoms with van der Waals surface area (Å²) in [6, 6.07) is 4.74. The van der Waals surface area contributed by atoms with Crippen LogP contribution in [0.25, 0.3) is 0 Å². The Balaban J connectivity index is 1.54. The molecule has 3 rings (SSSR count). The number of likely N-dealkylation sites (N-methyl/N-ethyl adjacent to an activating group) is 1. The van der Waals surface area contributed by atoms with Gasteiger partial charge in [-0.05, 0) is 25.0 Å². The normalized spacial score (nSPS) is 19.9. The molecule has 0 unspecified atom stereocenters. The van der Waals surface area contributed by atoms with Crippen molar-refractivity contribution in [3.63, 3.8) is 0 Å². The second-order valence-corrected chi connectivity index (χ2v) is 5.15. The van der Waals surface area contributed by atoms with E-state index in [9.17, 15) is 4.79 Å². The number of hydrogen-bond acceptors (Lipinski definition) is 3. The highest BCUT2D eigenvalue weighted by molar-refractivity contribution is 5.76. The molecule has 1 aliphatic carbocycles. The highest BCUT2D eigenvalue weighted by atomic mass is 16.3. The molecule has 98 valence electrons. The van der Waals surface area contributed by atoms with E-state index in [2.05, 4.69) is 5.32 Å². The molecule has 0 radical (unpaired) electrons. The fourth-order valence-corrected chi connectivity index (χ4v) is 2.17. The van der Waals surface area contributed by atoms with E-state index in [1.54, 1.807) is 4.90 Å². The average molecular weight is 249 g/mol. The van der Waals surface area contributed by atoms with E-state index in [1.165, 1.54) is 12.8 Å². The maximum Gasteiger partial charge on any atom is 0.320 e. The molecule has 2 heterocycles. The molecular weight excluding hydrogens is 230 g/mol. The van der Waals surface area contributed by atoms with Crippen molar-refractivity contribution in [2.75, 3.05) is 20.1 Å². The average Bonchev–Trinajstić information content (AvgIpc) is 3.02. The number of rotatable bonds is 5. The first-order valence-corrected chi connectivity index (χ1v) is 6.53. The first kappa shape index (κ1) is 11.6. The molecule has 5 heteroatoms. The number of amides is 2. The molecule has 5 nitrogen and oxygen atoms in total. The second-order valence-electron chi connectivity index (χ2n) is 5.15. The molecular formula is C13H19N3O2. The van der Waals surface area contributed by atoms with Gasteiger partial charge in [-0.3, -0.25) is 0 Å². The van der Waals surface area contributed by atoms with Gasteiger partial charge in [0.2, 0.25) is 0 Å². The number of hydrogen-bond donors (Lipinski definition) is 1. The van der Waals surface area contributed by atoms with Crippen molar-refractivity contribution >= 4 is 6.03 Å². The van der Waals surface area contributed by atoms with Crippen molar-refractivity contribution in [1.29, 1.82) is 0 Å². The minimum absolute atomic E-state index is 0.0871. The number of furan rings is 1. The smallest absolute Gasteiger partial charge is 0.320 e. The monoisotopic (exact) mass is 249 g/mol. The van der Waals surface area contributed by atoms with E-state index >= 15 is 0 Å². The lowest BCUT2D eigenvalue weighted by atomic mass is 10.4. The Bertz CT molecular complexity index is 439. The molecule has 1 aliphatic heterocycles. The van der Waals surface area contributed by atoms with Gasteiger partial charge in [-0.15, -0.1) is 0 Å². The van der Waals surface area contributed by atoms with E-state index in [0.29, 0.717) is 12.6 Å². The van der Waals surface area contributed by atoms with Gasteiger partial charge >= 0.3 is 6.03 Å². The van der Waals surface area contributed by atoms with Crippen molar-refractivity contribution in [3.05, 3.63) is 23.7 Å². The SMILES string of the molecule is CN1CCN(Cc2ccc(CNC3CC3)o2)C1=O. The summed E-state index contributed by atoms with van der Waals surface area (Å²) in [5, 5.41) is 3.41. The van der Waals surface area contributed by atoms with Gasteiger partial charge in [0.15, 0.2) is 0 Å². The summed E-state index contributed by atoms with van der Waals surface area (Å²) in [5.74, 6) is 1.82. The molecule has 2 amide bonds. The van der Waals surface area contributed by atoms with Gasteiger partial charge in [0.1, 0.15) is 11.5 Å². The fraction of sp³-hybridized carbons (Fsp3) is 0.615. The minimum Gasteiger partial charge on any atom is -0.463 e. The third kappa shape index (κ3) is 2.51. The quantitative estimate of drug-likeness (QED) is 0.858. The highest BCUT2D eigenvalue weighted by Gasteiger charge is 2.26. The van der Waals surface area contributed by atoms with E-state index < -0.39 is 0 Å². The number of nitrogens with zero attached hydrogens (tertiary/aromatic N) is 2. The maximum atomic E-state index is 11.7. The zero-order chi connectivity index (χ0) is 12.5.